The lowest BCUT2D eigenvalue weighted by molar-refractivity contribution is 0.0992. The number of aromatic nitrogens is 2. The summed E-state index contributed by atoms with van der Waals surface area (Å²) in [5.41, 5.74) is 1.43. The number of furan rings is 1. The van der Waals surface area contributed by atoms with E-state index in [9.17, 15) is 9.18 Å². The molecule has 0 aliphatic rings. The maximum atomic E-state index is 13.0. The lowest BCUT2D eigenvalue weighted by Gasteiger charge is -2.05. The molecule has 2 aromatic carbocycles. The molecule has 0 bridgehead atoms. The smallest absolute Gasteiger partial charge is 0.291 e. The van der Waals surface area contributed by atoms with E-state index in [1.807, 2.05) is 0 Å². The third kappa shape index (κ3) is 5.30. The summed E-state index contributed by atoms with van der Waals surface area (Å²) < 4.78 is 31.0. The summed E-state index contributed by atoms with van der Waals surface area (Å²) in [4.78, 5) is 12.4. The summed E-state index contributed by atoms with van der Waals surface area (Å²) in [6.07, 6.45) is 3.23. The Bertz CT molecular complexity index is 1150. The van der Waals surface area contributed by atoms with Crippen LogP contribution in [0.2, 0.25) is 0 Å². The number of hydrogen-bond donors (Lipinski definition) is 1. The van der Waals surface area contributed by atoms with E-state index in [2.05, 4.69) is 10.4 Å². The van der Waals surface area contributed by atoms with Gasteiger partial charge in [0.15, 0.2) is 5.76 Å². The molecule has 31 heavy (non-hydrogen) atoms. The molecule has 158 valence electrons. The zero-order valence-electron chi connectivity index (χ0n) is 16.7. The summed E-state index contributed by atoms with van der Waals surface area (Å²) in [5, 5.41) is 6.95. The van der Waals surface area contributed by atoms with Crippen molar-refractivity contribution < 1.29 is 23.1 Å². The number of anilines is 1. The Hall–Kier alpha value is -4.07. The molecule has 2 heterocycles. The van der Waals surface area contributed by atoms with Crippen LogP contribution in [-0.4, -0.2) is 22.8 Å². The predicted molar refractivity (Wildman–Crippen MR) is 112 cm³/mol. The molecule has 0 radical (unpaired) electrons. The maximum Gasteiger partial charge on any atom is 0.291 e. The van der Waals surface area contributed by atoms with Crippen molar-refractivity contribution in [1.82, 2.24) is 9.78 Å². The zero-order chi connectivity index (χ0) is 21.6. The molecule has 0 atom stereocenters. The van der Waals surface area contributed by atoms with Gasteiger partial charge in [0.05, 0.1) is 25.5 Å². The van der Waals surface area contributed by atoms with Gasteiger partial charge in [0, 0.05) is 6.20 Å². The largest absolute Gasteiger partial charge is 0.497 e. The highest BCUT2D eigenvalue weighted by Crippen LogP contribution is 2.19. The summed E-state index contributed by atoms with van der Waals surface area (Å²) >= 11 is 0. The number of nitrogens with one attached hydrogen (secondary N) is 1. The number of carbonyl (C=O) groups excluding carboxylic acids is 1. The lowest BCUT2D eigenvalue weighted by Crippen LogP contribution is -2.10. The van der Waals surface area contributed by atoms with Crippen molar-refractivity contribution in [3.8, 4) is 11.5 Å². The summed E-state index contributed by atoms with van der Waals surface area (Å²) in [7, 11) is 1.60. The second kappa shape index (κ2) is 9.17. The van der Waals surface area contributed by atoms with E-state index < -0.39 is 5.91 Å². The number of hydrogen-bond acceptors (Lipinski definition) is 5. The van der Waals surface area contributed by atoms with Gasteiger partial charge in [-0.05, 0) is 54.1 Å². The van der Waals surface area contributed by atoms with Gasteiger partial charge in [-0.1, -0.05) is 12.1 Å². The van der Waals surface area contributed by atoms with Crippen LogP contribution in [0.4, 0.5) is 10.1 Å². The number of methoxy groups -OCH3 is 1. The number of carbonyl (C=O) groups is 1. The summed E-state index contributed by atoms with van der Waals surface area (Å²) in [6, 6.07) is 16.6. The molecule has 0 fully saturated rings. The molecule has 0 saturated carbocycles. The first kappa shape index (κ1) is 20.2. The van der Waals surface area contributed by atoms with E-state index in [-0.39, 0.29) is 18.2 Å². The molecule has 4 aromatic rings. The molecule has 8 heteroatoms. The van der Waals surface area contributed by atoms with E-state index in [0.29, 0.717) is 23.7 Å². The van der Waals surface area contributed by atoms with Gasteiger partial charge in [-0.2, -0.15) is 5.10 Å². The van der Waals surface area contributed by atoms with E-state index in [0.717, 1.165) is 11.3 Å². The van der Waals surface area contributed by atoms with Crippen molar-refractivity contribution >= 4 is 11.6 Å². The maximum absolute atomic E-state index is 13.0. The monoisotopic (exact) mass is 421 g/mol. The fourth-order valence-corrected chi connectivity index (χ4v) is 2.89. The van der Waals surface area contributed by atoms with Gasteiger partial charge >= 0.3 is 0 Å². The highest BCUT2D eigenvalue weighted by atomic mass is 19.1. The van der Waals surface area contributed by atoms with Crippen molar-refractivity contribution in [3.05, 3.63) is 96.0 Å². The first-order valence-corrected chi connectivity index (χ1v) is 9.53. The van der Waals surface area contributed by atoms with E-state index in [1.165, 1.54) is 18.3 Å². The summed E-state index contributed by atoms with van der Waals surface area (Å²) in [5.74, 6) is 1.41. The molecule has 1 amide bonds. The number of nitrogens with zero attached hydrogens (tertiary/aromatic N) is 2. The van der Waals surface area contributed by atoms with Crippen LogP contribution in [0.3, 0.4) is 0 Å². The number of halogens is 1. The van der Waals surface area contributed by atoms with Crippen molar-refractivity contribution in [3.63, 3.8) is 0 Å². The van der Waals surface area contributed by atoms with Crippen LogP contribution < -0.4 is 14.8 Å². The Kier molecular flexibility index (Phi) is 5.98. The second-order valence-electron chi connectivity index (χ2n) is 6.74. The number of rotatable bonds is 8. The first-order valence-electron chi connectivity index (χ1n) is 9.53. The SMILES string of the molecule is COc1ccc(OCc2ccc(C(=O)Nc3cnn(Cc4ccc(F)cc4)c3)o2)cc1. The highest BCUT2D eigenvalue weighted by molar-refractivity contribution is 6.02. The zero-order valence-corrected chi connectivity index (χ0v) is 16.7. The van der Waals surface area contributed by atoms with Crippen LogP contribution in [0.1, 0.15) is 21.9 Å². The van der Waals surface area contributed by atoms with E-state index in [1.54, 1.807) is 66.5 Å². The van der Waals surface area contributed by atoms with Crippen molar-refractivity contribution in [1.29, 1.82) is 0 Å². The van der Waals surface area contributed by atoms with Gasteiger partial charge in [0.2, 0.25) is 0 Å². The second-order valence-corrected chi connectivity index (χ2v) is 6.74. The molecule has 0 spiro atoms. The fraction of sp³-hybridized carbons (Fsp3) is 0.130. The van der Waals surface area contributed by atoms with Gasteiger partial charge < -0.3 is 19.2 Å². The van der Waals surface area contributed by atoms with Crippen LogP contribution in [-0.2, 0) is 13.2 Å². The molecule has 7 nitrogen and oxygen atoms in total. The van der Waals surface area contributed by atoms with Crippen LogP contribution in [0.15, 0.2) is 77.5 Å². The molecule has 1 N–H and O–H groups in total. The number of amides is 1. The Morgan fingerprint density at radius 3 is 2.55 bits per heavy atom. The van der Waals surface area contributed by atoms with Gasteiger partial charge in [-0.3, -0.25) is 9.48 Å². The third-order valence-corrected chi connectivity index (χ3v) is 4.47. The van der Waals surface area contributed by atoms with Gasteiger partial charge in [0.1, 0.15) is 29.7 Å². The van der Waals surface area contributed by atoms with Crippen LogP contribution in [0.5, 0.6) is 11.5 Å². The fourth-order valence-electron chi connectivity index (χ4n) is 2.89. The molecule has 0 aliphatic heterocycles. The molecule has 0 saturated heterocycles. The van der Waals surface area contributed by atoms with E-state index in [4.69, 9.17) is 13.9 Å². The molecule has 2 aromatic heterocycles. The quantitative estimate of drug-likeness (QED) is 0.453. The Morgan fingerprint density at radius 2 is 1.81 bits per heavy atom. The van der Waals surface area contributed by atoms with E-state index >= 15 is 0 Å². The van der Waals surface area contributed by atoms with Crippen molar-refractivity contribution in [2.75, 3.05) is 12.4 Å². The number of benzene rings is 2. The van der Waals surface area contributed by atoms with Crippen molar-refractivity contribution in [2.45, 2.75) is 13.2 Å². The highest BCUT2D eigenvalue weighted by Gasteiger charge is 2.13. The minimum atomic E-state index is -0.392. The predicted octanol–water partition coefficient (Wildman–Crippen LogP) is 4.50. The molecule has 0 aliphatic carbocycles. The van der Waals surface area contributed by atoms with Crippen LogP contribution >= 0.6 is 0 Å². The Balaban J connectivity index is 1.31. The molecular formula is C23H20FN3O4. The minimum absolute atomic E-state index is 0.166. The molecule has 4 rings (SSSR count). The minimum Gasteiger partial charge on any atom is -0.497 e. The lowest BCUT2D eigenvalue weighted by atomic mass is 10.2. The Labute approximate surface area is 178 Å². The van der Waals surface area contributed by atoms with Crippen LogP contribution in [0.25, 0.3) is 0 Å². The van der Waals surface area contributed by atoms with Gasteiger partial charge in [-0.25, -0.2) is 4.39 Å². The third-order valence-electron chi connectivity index (χ3n) is 4.47. The first-order chi connectivity index (χ1) is 15.1. The number of ether oxygens (including phenoxy) is 2. The topological polar surface area (TPSA) is 78.5 Å². The Morgan fingerprint density at radius 1 is 1.06 bits per heavy atom. The van der Waals surface area contributed by atoms with Gasteiger partial charge in [-0.15, -0.1) is 0 Å². The van der Waals surface area contributed by atoms with Crippen LogP contribution in [0, 0.1) is 5.82 Å². The average Bonchev–Trinajstić information content (AvgIpc) is 3.44. The normalized spacial score (nSPS) is 10.6. The standard InChI is InChI=1S/C23H20FN3O4/c1-29-19-6-8-20(9-7-19)30-15-21-10-11-22(31-21)23(28)26-18-12-25-27(14-18)13-16-2-4-17(24)5-3-16/h2-12,14H,13,15H2,1H3,(H,26,28). The van der Waals surface area contributed by atoms with Gasteiger partial charge in [0.25, 0.3) is 5.91 Å². The molecule has 0 unspecified atom stereocenters. The summed E-state index contributed by atoms with van der Waals surface area (Å²) in [6.45, 7) is 0.652. The van der Waals surface area contributed by atoms with Crippen molar-refractivity contribution in [2.24, 2.45) is 0 Å². The average molecular weight is 421 g/mol. The molecular weight excluding hydrogens is 401 g/mol.